The first kappa shape index (κ1) is 24.6. The summed E-state index contributed by atoms with van der Waals surface area (Å²) in [6, 6.07) is 17.4. The summed E-state index contributed by atoms with van der Waals surface area (Å²) in [6.07, 6.45) is 1.68. The van der Waals surface area contributed by atoms with E-state index >= 15 is 0 Å². The summed E-state index contributed by atoms with van der Waals surface area (Å²) in [4.78, 5) is 36.4. The summed E-state index contributed by atoms with van der Waals surface area (Å²) in [5.74, 6) is 0.220. The minimum atomic E-state index is -0.364. The lowest BCUT2D eigenvalue weighted by molar-refractivity contribution is -0.116. The predicted molar refractivity (Wildman–Crippen MR) is 132 cm³/mol. The van der Waals surface area contributed by atoms with Gasteiger partial charge in [-0.2, -0.15) is 0 Å². The van der Waals surface area contributed by atoms with Crippen molar-refractivity contribution >= 4 is 29.2 Å². The number of amides is 4. The first-order chi connectivity index (χ1) is 16.2. The molecule has 1 aromatic heterocycles. The first-order valence-corrected chi connectivity index (χ1v) is 11.1. The largest absolute Gasteiger partial charge is 0.467 e. The number of carbonyl (C=O) groups is 3. The molecule has 0 aliphatic rings. The third kappa shape index (κ3) is 7.51. The highest BCUT2D eigenvalue weighted by Gasteiger charge is 2.14. The van der Waals surface area contributed by atoms with E-state index in [1.165, 1.54) is 0 Å². The zero-order chi connectivity index (χ0) is 24.6. The van der Waals surface area contributed by atoms with Crippen LogP contribution in [0.4, 0.5) is 16.2 Å². The number of benzene rings is 2. The standard InChI is InChI=1S/C26H30N4O4/c1-26(2,3)19-8-6-18(7-9-19)24(32)27-15-14-23(31)29-20-10-12-21(13-11-20)30-25(33)28-17-22-5-4-16-34-22/h4-13,16H,14-15,17H2,1-3H3,(H,27,32)(H,29,31)(H2,28,30,33). The van der Waals surface area contributed by atoms with Gasteiger partial charge in [-0.15, -0.1) is 0 Å². The molecule has 3 aromatic rings. The Bertz CT molecular complexity index is 1100. The number of anilines is 2. The summed E-state index contributed by atoms with van der Waals surface area (Å²) in [5.41, 5.74) is 2.91. The van der Waals surface area contributed by atoms with E-state index < -0.39 is 0 Å². The van der Waals surface area contributed by atoms with E-state index in [-0.39, 0.29) is 42.8 Å². The molecule has 0 radical (unpaired) electrons. The molecule has 0 saturated carbocycles. The molecule has 8 heteroatoms. The van der Waals surface area contributed by atoms with Gasteiger partial charge in [-0.25, -0.2) is 4.79 Å². The minimum Gasteiger partial charge on any atom is -0.467 e. The van der Waals surface area contributed by atoms with Crippen molar-refractivity contribution in [1.29, 1.82) is 0 Å². The Morgan fingerprint density at radius 2 is 1.47 bits per heavy atom. The van der Waals surface area contributed by atoms with Crippen LogP contribution in [0.15, 0.2) is 71.3 Å². The average Bonchev–Trinajstić information content (AvgIpc) is 3.32. The molecule has 0 atom stereocenters. The number of hydrogen-bond acceptors (Lipinski definition) is 4. The van der Waals surface area contributed by atoms with Gasteiger partial charge in [0.25, 0.3) is 5.91 Å². The van der Waals surface area contributed by atoms with Gasteiger partial charge in [-0.3, -0.25) is 9.59 Å². The highest BCUT2D eigenvalue weighted by atomic mass is 16.3. The normalized spacial score (nSPS) is 10.9. The Morgan fingerprint density at radius 1 is 0.824 bits per heavy atom. The van der Waals surface area contributed by atoms with Crippen LogP contribution in [0.2, 0.25) is 0 Å². The lowest BCUT2D eigenvalue weighted by Crippen LogP contribution is -2.28. The van der Waals surface area contributed by atoms with Crippen molar-refractivity contribution in [3.05, 3.63) is 83.8 Å². The fraction of sp³-hybridized carbons (Fsp3) is 0.269. The van der Waals surface area contributed by atoms with E-state index in [0.717, 1.165) is 5.56 Å². The van der Waals surface area contributed by atoms with E-state index in [1.54, 1.807) is 54.8 Å². The molecule has 2 aromatic carbocycles. The molecule has 34 heavy (non-hydrogen) atoms. The SMILES string of the molecule is CC(C)(C)c1ccc(C(=O)NCCC(=O)Nc2ccc(NC(=O)NCc3ccco3)cc2)cc1. The molecule has 0 unspecified atom stereocenters. The Hall–Kier alpha value is -4.07. The van der Waals surface area contributed by atoms with Crippen LogP contribution in [-0.4, -0.2) is 24.4 Å². The van der Waals surface area contributed by atoms with Crippen molar-refractivity contribution in [3.63, 3.8) is 0 Å². The monoisotopic (exact) mass is 462 g/mol. The molecule has 3 rings (SSSR count). The van der Waals surface area contributed by atoms with Gasteiger partial charge >= 0.3 is 6.03 Å². The van der Waals surface area contributed by atoms with Gasteiger partial charge in [-0.1, -0.05) is 32.9 Å². The minimum absolute atomic E-state index is 0.0220. The number of nitrogens with one attached hydrogen (secondary N) is 4. The van der Waals surface area contributed by atoms with Crippen molar-refractivity contribution in [2.24, 2.45) is 0 Å². The third-order valence-electron chi connectivity index (χ3n) is 5.08. The summed E-state index contributed by atoms with van der Waals surface area (Å²) in [7, 11) is 0. The highest BCUT2D eigenvalue weighted by Crippen LogP contribution is 2.22. The summed E-state index contributed by atoms with van der Waals surface area (Å²) < 4.78 is 5.16. The Balaban J connectivity index is 1.38. The molecular formula is C26H30N4O4. The maximum Gasteiger partial charge on any atom is 0.319 e. The maximum atomic E-state index is 12.3. The molecule has 0 aliphatic carbocycles. The molecule has 0 aliphatic heterocycles. The number of urea groups is 1. The smallest absolute Gasteiger partial charge is 0.319 e. The van der Waals surface area contributed by atoms with E-state index in [9.17, 15) is 14.4 Å². The molecule has 8 nitrogen and oxygen atoms in total. The molecule has 4 amide bonds. The Kier molecular flexibility index (Phi) is 8.08. The lowest BCUT2D eigenvalue weighted by Gasteiger charge is -2.19. The second kappa shape index (κ2) is 11.2. The van der Waals surface area contributed by atoms with Crippen LogP contribution >= 0.6 is 0 Å². The van der Waals surface area contributed by atoms with E-state index in [0.29, 0.717) is 22.7 Å². The molecule has 4 N–H and O–H groups in total. The zero-order valence-corrected chi connectivity index (χ0v) is 19.6. The van der Waals surface area contributed by atoms with Crippen LogP contribution in [0.5, 0.6) is 0 Å². The van der Waals surface area contributed by atoms with Crippen LogP contribution in [0.3, 0.4) is 0 Å². The molecule has 0 saturated heterocycles. The van der Waals surface area contributed by atoms with Gasteiger partial charge in [0.1, 0.15) is 5.76 Å². The quantitative estimate of drug-likeness (QED) is 0.390. The molecule has 0 bridgehead atoms. The van der Waals surface area contributed by atoms with E-state index in [1.807, 2.05) is 12.1 Å². The molecule has 1 heterocycles. The van der Waals surface area contributed by atoms with Gasteiger partial charge in [0, 0.05) is 29.9 Å². The molecule has 0 fully saturated rings. The third-order valence-corrected chi connectivity index (χ3v) is 5.08. The van der Waals surface area contributed by atoms with Crippen LogP contribution in [0.1, 0.15) is 48.9 Å². The van der Waals surface area contributed by atoms with Crippen LogP contribution < -0.4 is 21.3 Å². The van der Waals surface area contributed by atoms with E-state index in [4.69, 9.17) is 4.42 Å². The van der Waals surface area contributed by atoms with Crippen molar-refractivity contribution in [3.8, 4) is 0 Å². The van der Waals surface area contributed by atoms with Crippen LogP contribution in [-0.2, 0) is 16.8 Å². The maximum absolute atomic E-state index is 12.3. The second-order valence-corrected chi connectivity index (χ2v) is 8.85. The lowest BCUT2D eigenvalue weighted by atomic mass is 9.87. The van der Waals surface area contributed by atoms with Gasteiger partial charge in [0.05, 0.1) is 12.8 Å². The fourth-order valence-electron chi connectivity index (χ4n) is 3.13. The van der Waals surface area contributed by atoms with Crippen molar-refractivity contribution in [1.82, 2.24) is 10.6 Å². The van der Waals surface area contributed by atoms with E-state index in [2.05, 4.69) is 42.0 Å². The number of rotatable bonds is 8. The van der Waals surface area contributed by atoms with Crippen molar-refractivity contribution in [2.75, 3.05) is 17.2 Å². The first-order valence-electron chi connectivity index (χ1n) is 11.1. The van der Waals surface area contributed by atoms with Crippen molar-refractivity contribution < 1.29 is 18.8 Å². The number of hydrogen-bond donors (Lipinski definition) is 4. The van der Waals surface area contributed by atoms with Gasteiger partial charge in [0.15, 0.2) is 0 Å². The highest BCUT2D eigenvalue weighted by molar-refractivity contribution is 5.95. The second-order valence-electron chi connectivity index (χ2n) is 8.85. The fourth-order valence-corrected chi connectivity index (χ4v) is 3.13. The topological polar surface area (TPSA) is 112 Å². The number of carbonyl (C=O) groups excluding carboxylic acids is 3. The van der Waals surface area contributed by atoms with Crippen molar-refractivity contribution in [2.45, 2.75) is 39.2 Å². The van der Waals surface area contributed by atoms with Gasteiger partial charge in [-0.05, 0) is 59.5 Å². The predicted octanol–water partition coefficient (Wildman–Crippen LogP) is 4.66. The average molecular weight is 463 g/mol. The summed E-state index contributed by atoms with van der Waals surface area (Å²) >= 11 is 0. The molecule has 0 spiro atoms. The number of furan rings is 1. The summed E-state index contributed by atoms with van der Waals surface area (Å²) in [6.45, 7) is 6.86. The van der Waals surface area contributed by atoms with Crippen LogP contribution in [0.25, 0.3) is 0 Å². The summed E-state index contributed by atoms with van der Waals surface area (Å²) in [5, 5.41) is 10.9. The Labute approximate surface area is 199 Å². The zero-order valence-electron chi connectivity index (χ0n) is 19.6. The Morgan fingerprint density at radius 3 is 2.06 bits per heavy atom. The van der Waals surface area contributed by atoms with Gasteiger partial charge in [0.2, 0.25) is 5.91 Å². The van der Waals surface area contributed by atoms with Gasteiger partial charge < -0.3 is 25.7 Å². The van der Waals surface area contributed by atoms with Crippen LogP contribution in [0, 0.1) is 0 Å². The molecule has 178 valence electrons. The molecular weight excluding hydrogens is 432 g/mol.